The second-order valence-electron chi connectivity index (χ2n) is 1.06. The van der Waals surface area contributed by atoms with E-state index in [0.717, 1.165) is 0 Å². The number of hydrogen-bond acceptors (Lipinski definition) is 3. The van der Waals surface area contributed by atoms with Gasteiger partial charge >= 0.3 is 242 Å². The molecule has 0 aromatic rings. The van der Waals surface area contributed by atoms with Crippen LogP contribution in [0.4, 0.5) is 0 Å². The summed E-state index contributed by atoms with van der Waals surface area (Å²) in [6, 6.07) is 0. The van der Waals surface area contributed by atoms with Gasteiger partial charge in [-0.15, -0.1) is 0 Å². The van der Waals surface area contributed by atoms with Crippen molar-refractivity contribution < 1.29 is 33.0 Å². The second kappa shape index (κ2) is 21.8. The summed E-state index contributed by atoms with van der Waals surface area (Å²) in [5, 5.41) is 0. The Balaban J connectivity index is -0.0000000213. The van der Waals surface area contributed by atoms with Gasteiger partial charge < -0.3 is 19.6 Å². The first-order chi connectivity index (χ1) is 3.71. The van der Waals surface area contributed by atoms with Crippen molar-refractivity contribution in [1.29, 1.82) is 0 Å². The van der Waals surface area contributed by atoms with Crippen LogP contribution in [0.25, 0.3) is 0 Å². The average molecular weight is 431 g/mol. The third kappa shape index (κ3) is 44.9. The predicted octanol–water partition coefficient (Wildman–Crippen LogP) is -6.31. The maximum absolute atomic E-state index is 9.63. The van der Waals surface area contributed by atoms with Crippen LogP contribution in [0.2, 0.25) is 0 Å². The molecule has 0 radical (unpaired) electrons. The molecular weight excluding hydrogens is 414 g/mol. The van der Waals surface area contributed by atoms with Crippen molar-refractivity contribution in [1.82, 2.24) is 0 Å². The summed E-state index contributed by atoms with van der Waals surface area (Å²) < 4.78 is 22.2. The van der Waals surface area contributed by atoms with E-state index in [9.17, 15) is 9.13 Å². The van der Waals surface area contributed by atoms with E-state index in [1.165, 1.54) is 0 Å². The first-order valence-corrected chi connectivity index (χ1v) is 4.59. The van der Waals surface area contributed by atoms with Gasteiger partial charge in [0.25, 0.3) is 0 Å². The molecule has 7 nitrogen and oxygen atoms in total. The monoisotopic (exact) mass is 430 g/mol. The van der Waals surface area contributed by atoms with Gasteiger partial charge in [0.05, 0.1) is 0 Å². The number of rotatable bonds is 2. The number of phosphoric acid groups is 2. The van der Waals surface area contributed by atoms with Crippen molar-refractivity contribution in [2.75, 3.05) is 0 Å². The van der Waals surface area contributed by atoms with Crippen LogP contribution in [0.15, 0.2) is 0 Å². The molecule has 15 heteroatoms. The molecule has 0 rings (SSSR count). The van der Waals surface area contributed by atoms with Gasteiger partial charge in [-0.1, -0.05) is 0 Å². The molecule has 0 aromatic carbocycles. The molecule has 0 aliphatic carbocycles. The molecule has 80 valence electrons. The zero-order valence-corrected chi connectivity index (χ0v) is 5.70. The Labute approximate surface area is 266 Å². The van der Waals surface area contributed by atoms with Gasteiger partial charge in [-0.2, -0.15) is 4.31 Å². The Bertz CT molecular complexity index is 162. The van der Waals surface area contributed by atoms with E-state index < -0.39 is 15.6 Å². The first-order valence-electron chi connectivity index (χ1n) is 1.53. The van der Waals surface area contributed by atoms with Crippen molar-refractivity contribution in [3.8, 4) is 0 Å². The standard InChI is InChI=1S/6Ca.H4O7P2.12H/c;;;;;;1-8(2,3)7-9(4,5)6;;;;;;;;;;;;/h;;;;;;(H2,1,2,3)(H2,4,5,6);;;;;;;;;;;;. The molecule has 0 amide bonds. The quantitative estimate of drug-likeness (QED) is 0.254. The summed E-state index contributed by atoms with van der Waals surface area (Å²) in [5.74, 6) is 0. The minimum atomic E-state index is -5.05. The molecule has 0 aliphatic heterocycles. The molecule has 0 fully saturated rings. The summed E-state index contributed by atoms with van der Waals surface area (Å²) in [6.07, 6.45) is 0. The van der Waals surface area contributed by atoms with Crippen LogP contribution in [0.5, 0.6) is 0 Å². The van der Waals surface area contributed by atoms with Crippen LogP contribution in [0, 0.1) is 0 Å². The molecule has 0 bridgehead atoms. The minimum absolute atomic E-state index is 0. The molecule has 0 saturated carbocycles. The Hall–Kier alpha value is 7.82. The van der Waals surface area contributed by atoms with Gasteiger partial charge in [0.2, 0.25) is 0 Å². The summed E-state index contributed by atoms with van der Waals surface area (Å²) >= 11 is 0. The molecule has 0 heterocycles. The van der Waals surface area contributed by atoms with E-state index in [0.29, 0.717) is 0 Å². The Morgan fingerprint density at radius 1 is 0.600 bits per heavy atom. The summed E-state index contributed by atoms with van der Waals surface area (Å²) in [4.78, 5) is 31.0. The first kappa shape index (κ1) is 43.4. The molecule has 0 atom stereocenters. The molecule has 0 unspecified atom stereocenters. The van der Waals surface area contributed by atoms with E-state index in [4.69, 9.17) is 19.6 Å². The van der Waals surface area contributed by atoms with Gasteiger partial charge in [-0.25, -0.2) is 9.13 Å². The third-order valence-electron chi connectivity index (χ3n) is 0.213. The zero-order valence-electron chi connectivity index (χ0n) is 3.91. The van der Waals surface area contributed by atoms with Gasteiger partial charge in [-0.05, 0) is 0 Å². The van der Waals surface area contributed by atoms with Crippen LogP contribution in [-0.2, 0) is 13.4 Å². The van der Waals surface area contributed by atoms with Crippen molar-refractivity contribution >= 4 is 242 Å². The summed E-state index contributed by atoms with van der Waals surface area (Å²) in [6.45, 7) is 0. The van der Waals surface area contributed by atoms with Crippen LogP contribution in [0.3, 0.4) is 0 Å². The van der Waals surface area contributed by atoms with Crippen molar-refractivity contribution in [2.24, 2.45) is 0 Å². The van der Waals surface area contributed by atoms with Crippen LogP contribution in [-0.4, -0.2) is 246 Å². The van der Waals surface area contributed by atoms with Gasteiger partial charge in [0, 0.05) is 0 Å². The fourth-order valence-electron chi connectivity index (χ4n) is 0.139. The van der Waals surface area contributed by atoms with Gasteiger partial charge in [-0.3, -0.25) is 0 Å². The van der Waals surface area contributed by atoms with Crippen molar-refractivity contribution in [3.05, 3.63) is 0 Å². The topological polar surface area (TPSA) is 124 Å². The molecule has 0 aliphatic rings. The van der Waals surface area contributed by atoms with Crippen LogP contribution >= 0.6 is 15.6 Å². The van der Waals surface area contributed by atoms with Crippen molar-refractivity contribution in [2.45, 2.75) is 0 Å². The Morgan fingerprint density at radius 2 is 0.733 bits per heavy atom. The van der Waals surface area contributed by atoms with E-state index in [1.54, 1.807) is 0 Å². The van der Waals surface area contributed by atoms with E-state index >= 15 is 0 Å². The van der Waals surface area contributed by atoms with Gasteiger partial charge in [0.15, 0.2) is 0 Å². The number of hydrogen-bond donors (Lipinski definition) is 4. The Morgan fingerprint density at radius 3 is 0.733 bits per heavy atom. The third-order valence-corrected chi connectivity index (χ3v) is 1.91. The van der Waals surface area contributed by atoms with Crippen LogP contribution < -0.4 is 0 Å². The predicted molar refractivity (Wildman–Crippen MR) is 76.4 cm³/mol. The Kier molecular flexibility index (Phi) is 63.1. The molecule has 15 heavy (non-hydrogen) atoms. The van der Waals surface area contributed by atoms with E-state index in [1.807, 2.05) is 0 Å². The molecule has 0 aromatic heterocycles. The summed E-state index contributed by atoms with van der Waals surface area (Å²) in [7, 11) is -10.1. The fourth-order valence-corrected chi connectivity index (χ4v) is 1.25. The van der Waals surface area contributed by atoms with Gasteiger partial charge in [0.1, 0.15) is 0 Å². The van der Waals surface area contributed by atoms with E-state index in [2.05, 4.69) is 4.31 Å². The molecule has 0 spiro atoms. The van der Waals surface area contributed by atoms with Crippen molar-refractivity contribution in [3.63, 3.8) is 0 Å². The second-order valence-corrected chi connectivity index (χ2v) is 3.68. The SMILES string of the molecule is O=P(O)(O)OP(=O)(O)O.[CaH2].[CaH2].[CaH2].[CaH2].[CaH2].[CaH2]. The maximum atomic E-state index is 9.63. The normalized spacial score (nSPS) is 8.27. The molecule has 0 saturated heterocycles. The fraction of sp³-hybridized carbons (Fsp3) is 0. The zero-order chi connectivity index (χ0) is 7.71. The molecule has 4 N–H and O–H groups in total. The summed E-state index contributed by atoms with van der Waals surface area (Å²) in [5.41, 5.74) is 0. The van der Waals surface area contributed by atoms with E-state index in [-0.39, 0.29) is 226 Å². The van der Waals surface area contributed by atoms with Crippen LogP contribution in [0.1, 0.15) is 0 Å². The average Bonchev–Trinajstić information content (AvgIpc) is 1.14. The molecular formula is H16Ca6O7P2.